The van der Waals surface area contributed by atoms with Crippen molar-refractivity contribution >= 4 is 56.5 Å². The first-order valence-electron chi connectivity index (χ1n) is 11.3. The van der Waals surface area contributed by atoms with Gasteiger partial charge in [0.05, 0.1) is 22.0 Å². The van der Waals surface area contributed by atoms with E-state index >= 15 is 0 Å². The molecule has 0 aliphatic carbocycles. The van der Waals surface area contributed by atoms with Gasteiger partial charge in [0.1, 0.15) is 11.9 Å². The number of anilines is 1. The number of benzene rings is 1. The Morgan fingerprint density at radius 2 is 2.16 bits per heavy atom. The largest absolute Gasteiger partial charge is 0.348 e. The Morgan fingerprint density at radius 3 is 2.81 bits per heavy atom. The van der Waals surface area contributed by atoms with Gasteiger partial charge in [0.2, 0.25) is 15.9 Å². The normalized spacial score (nSPS) is 16.2. The molecule has 3 heterocycles. The number of likely N-dealkylation sites (N-methyl/N-ethyl adjacent to an activating group) is 1. The van der Waals surface area contributed by atoms with E-state index in [1.165, 1.54) is 39.3 Å². The summed E-state index contributed by atoms with van der Waals surface area (Å²) in [6.45, 7) is 2.41. The van der Waals surface area contributed by atoms with Crippen LogP contribution in [-0.2, 0) is 21.2 Å². The molecule has 1 aromatic carbocycles. The highest BCUT2D eigenvalue weighted by Crippen LogP contribution is 2.27. The Hall–Kier alpha value is -3.06. The van der Waals surface area contributed by atoms with Crippen molar-refractivity contribution in [2.45, 2.75) is 25.8 Å². The van der Waals surface area contributed by atoms with Crippen molar-refractivity contribution in [3.63, 3.8) is 0 Å². The number of sulfonamides is 1. The molecule has 1 aliphatic rings. The first kappa shape index (κ1) is 27.0. The molecule has 1 fully saturated rings. The van der Waals surface area contributed by atoms with Crippen LogP contribution in [0, 0.1) is 12.7 Å². The quantitative estimate of drug-likeness (QED) is 0.411. The molecule has 9 nitrogen and oxygen atoms in total. The van der Waals surface area contributed by atoms with Gasteiger partial charge in [0.15, 0.2) is 0 Å². The molecule has 0 spiro atoms. The number of hydrogen-bond donors (Lipinski definition) is 2. The molecule has 37 heavy (non-hydrogen) atoms. The van der Waals surface area contributed by atoms with Crippen LogP contribution in [0.25, 0.3) is 6.08 Å². The summed E-state index contributed by atoms with van der Waals surface area (Å²) in [6.07, 6.45) is 3.73. The number of carbonyl (C=O) groups excluding carboxylic acids is 2. The third-order valence-corrected chi connectivity index (χ3v) is 8.28. The zero-order valence-electron chi connectivity index (χ0n) is 20.1. The van der Waals surface area contributed by atoms with Gasteiger partial charge >= 0.3 is 0 Å². The van der Waals surface area contributed by atoms with Crippen molar-refractivity contribution in [1.82, 2.24) is 19.6 Å². The van der Waals surface area contributed by atoms with Gasteiger partial charge in [0.25, 0.3) is 5.91 Å². The molecule has 0 radical (unpaired) electrons. The molecule has 2 amide bonds. The number of rotatable bonds is 9. The number of halogens is 2. The highest BCUT2D eigenvalue weighted by atomic mass is 35.5. The average molecular weight is 566 g/mol. The van der Waals surface area contributed by atoms with E-state index in [1.54, 1.807) is 25.5 Å². The molecule has 4 rings (SSSR count). The van der Waals surface area contributed by atoms with Gasteiger partial charge in [-0.25, -0.2) is 17.8 Å². The van der Waals surface area contributed by atoms with Crippen LogP contribution >= 0.6 is 22.9 Å². The molecule has 0 bridgehead atoms. The van der Waals surface area contributed by atoms with Gasteiger partial charge in [-0.3, -0.25) is 9.59 Å². The number of nitrogens with one attached hydrogen (secondary N) is 2. The van der Waals surface area contributed by atoms with Crippen molar-refractivity contribution in [2.24, 2.45) is 0 Å². The number of imidazole rings is 1. The maximum absolute atomic E-state index is 15.0. The van der Waals surface area contributed by atoms with Crippen LogP contribution < -0.4 is 9.62 Å². The third-order valence-electron chi connectivity index (χ3n) is 5.98. The minimum Gasteiger partial charge on any atom is -0.348 e. The van der Waals surface area contributed by atoms with E-state index in [-0.39, 0.29) is 30.1 Å². The Labute approximate surface area is 223 Å². The number of aromatic amines is 1. The summed E-state index contributed by atoms with van der Waals surface area (Å²) in [7, 11) is -2.29. The van der Waals surface area contributed by atoms with Gasteiger partial charge in [0, 0.05) is 48.1 Å². The van der Waals surface area contributed by atoms with E-state index in [2.05, 4.69) is 14.7 Å². The van der Waals surface area contributed by atoms with Crippen LogP contribution in [0.5, 0.6) is 0 Å². The summed E-state index contributed by atoms with van der Waals surface area (Å²) in [4.78, 5) is 36.1. The predicted molar refractivity (Wildman–Crippen MR) is 142 cm³/mol. The number of H-pyrrole nitrogens is 1. The van der Waals surface area contributed by atoms with Crippen molar-refractivity contribution in [2.75, 3.05) is 25.0 Å². The second-order valence-electron chi connectivity index (χ2n) is 8.55. The summed E-state index contributed by atoms with van der Waals surface area (Å²) in [5.41, 5.74) is 1.91. The summed E-state index contributed by atoms with van der Waals surface area (Å²) < 4.78 is 42.7. The summed E-state index contributed by atoms with van der Waals surface area (Å²) in [5, 5.41) is 0.968. The Morgan fingerprint density at radius 1 is 1.38 bits per heavy atom. The predicted octanol–water partition coefficient (Wildman–Crippen LogP) is 3.58. The monoisotopic (exact) mass is 565 g/mol. The molecule has 2 N–H and O–H groups in total. The zero-order chi connectivity index (χ0) is 26.7. The number of hydrogen-bond acceptors (Lipinski definition) is 6. The Balaban J connectivity index is 1.39. The van der Waals surface area contributed by atoms with Gasteiger partial charge in [-0.1, -0.05) is 11.6 Å². The topological polar surface area (TPSA) is 115 Å². The fourth-order valence-corrected chi connectivity index (χ4v) is 6.01. The number of amides is 2. The van der Waals surface area contributed by atoms with Crippen molar-refractivity contribution in [3.05, 3.63) is 74.0 Å². The standard InChI is InChI=1S/C24H25ClFN5O4S2/c1-15-19(28-14-27-15)7-10-30(2)23(32)16-3-5-21(18(26)13-16)31-11-8-20(24(31)33)29-37(34,35)12-9-17-4-6-22(25)36-17/h3-6,9,12-14,20,29H,7-8,10-11H2,1-2H3,(H,27,28). The molecule has 1 unspecified atom stereocenters. The average Bonchev–Trinajstić information content (AvgIpc) is 3.56. The lowest BCUT2D eigenvalue weighted by molar-refractivity contribution is -0.118. The second-order valence-corrected chi connectivity index (χ2v) is 11.9. The van der Waals surface area contributed by atoms with E-state index < -0.39 is 27.8 Å². The smallest absolute Gasteiger partial charge is 0.253 e. The van der Waals surface area contributed by atoms with Crippen molar-refractivity contribution in [3.8, 4) is 0 Å². The van der Waals surface area contributed by atoms with E-state index in [1.807, 2.05) is 6.92 Å². The zero-order valence-corrected chi connectivity index (χ0v) is 22.5. The highest BCUT2D eigenvalue weighted by Gasteiger charge is 2.36. The summed E-state index contributed by atoms with van der Waals surface area (Å²) >= 11 is 7.07. The van der Waals surface area contributed by atoms with Crippen molar-refractivity contribution in [1.29, 1.82) is 0 Å². The maximum Gasteiger partial charge on any atom is 0.253 e. The number of thiophene rings is 1. The van der Waals surface area contributed by atoms with Gasteiger partial charge in [-0.05, 0) is 49.8 Å². The van der Waals surface area contributed by atoms with Gasteiger partial charge in [-0.2, -0.15) is 4.72 Å². The third kappa shape index (κ3) is 6.45. The minimum atomic E-state index is -3.92. The molecule has 2 aromatic heterocycles. The highest BCUT2D eigenvalue weighted by molar-refractivity contribution is 7.92. The molecule has 13 heteroatoms. The number of aromatic nitrogens is 2. The first-order chi connectivity index (χ1) is 17.5. The van der Waals surface area contributed by atoms with Crippen LogP contribution in [0.4, 0.5) is 10.1 Å². The van der Waals surface area contributed by atoms with Crippen LogP contribution in [0.2, 0.25) is 4.34 Å². The lowest BCUT2D eigenvalue weighted by Gasteiger charge is -2.20. The fourth-order valence-electron chi connectivity index (χ4n) is 3.94. The molecular formula is C24H25ClFN5O4S2. The molecule has 1 aliphatic heterocycles. The number of aryl methyl sites for hydroxylation is 1. The summed E-state index contributed by atoms with van der Waals surface area (Å²) in [5.74, 6) is -1.67. The van der Waals surface area contributed by atoms with Crippen LogP contribution in [0.3, 0.4) is 0 Å². The number of nitrogens with zero attached hydrogens (tertiary/aromatic N) is 3. The molecule has 1 atom stereocenters. The lowest BCUT2D eigenvalue weighted by atomic mass is 10.1. The molecular weight excluding hydrogens is 541 g/mol. The Bertz CT molecular complexity index is 1450. The van der Waals surface area contributed by atoms with Crippen LogP contribution in [0.1, 0.15) is 33.0 Å². The van der Waals surface area contributed by atoms with Crippen LogP contribution in [0.15, 0.2) is 42.1 Å². The first-order valence-corrected chi connectivity index (χ1v) is 14.1. The van der Waals surface area contributed by atoms with E-state index in [0.29, 0.717) is 22.2 Å². The van der Waals surface area contributed by atoms with E-state index in [9.17, 15) is 22.4 Å². The number of carbonyl (C=O) groups is 2. The maximum atomic E-state index is 15.0. The molecule has 3 aromatic rings. The van der Waals surface area contributed by atoms with Crippen LogP contribution in [-0.4, -0.2) is 61.3 Å². The SMILES string of the molecule is Cc1nc[nH]c1CCN(C)C(=O)c1ccc(N2CCC(NS(=O)(=O)C=Cc3ccc(Cl)s3)C2=O)c(F)c1. The minimum absolute atomic E-state index is 0.0113. The summed E-state index contributed by atoms with van der Waals surface area (Å²) in [6, 6.07) is 6.21. The van der Waals surface area contributed by atoms with Gasteiger partial charge < -0.3 is 14.8 Å². The lowest BCUT2D eigenvalue weighted by Crippen LogP contribution is -2.41. The molecule has 1 saturated heterocycles. The fraction of sp³-hybridized carbons (Fsp3) is 0.292. The van der Waals surface area contributed by atoms with Gasteiger partial charge in [-0.15, -0.1) is 11.3 Å². The second kappa shape index (κ2) is 11.1. The molecule has 196 valence electrons. The van der Waals surface area contributed by atoms with E-state index in [4.69, 9.17) is 11.6 Å². The molecule has 0 saturated carbocycles. The van der Waals surface area contributed by atoms with Crippen molar-refractivity contribution < 1.29 is 22.4 Å². The Kier molecular flexibility index (Phi) is 8.12. The van der Waals surface area contributed by atoms with E-state index in [0.717, 1.165) is 22.9 Å².